The number of unbranched alkanes of at least 4 members (excludes halogenated alkanes) is 1. The van der Waals surface area contributed by atoms with E-state index in [1.165, 1.54) is 0 Å². The zero-order chi connectivity index (χ0) is 14.3. The second-order valence-corrected chi connectivity index (χ2v) is 5.14. The van der Waals surface area contributed by atoms with Crippen molar-refractivity contribution in [1.29, 1.82) is 0 Å². The van der Waals surface area contributed by atoms with Crippen molar-refractivity contribution >= 4 is 27.8 Å². The number of hydrogen-bond donors (Lipinski definition) is 1. The molecule has 1 rings (SSSR count). The maximum atomic E-state index is 11.9. The Morgan fingerprint density at radius 1 is 1.42 bits per heavy atom. The van der Waals surface area contributed by atoms with Crippen LogP contribution in [-0.2, 0) is 9.53 Å². The number of carbonyl (C=O) groups excluding carboxylic acids is 2. The quantitative estimate of drug-likeness (QED) is 0.645. The summed E-state index contributed by atoms with van der Waals surface area (Å²) in [5, 5.41) is 2.62. The molecule has 1 aromatic carbocycles. The Labute approximate surface area is 121 Å². The topological polar surface area (TPSA) is 55.4 Å². The monoisotopic (exact) mass is 327 g/mol. The van der Waals surface area contributed by atoms with Crippen LogP contribution in [-0.4, -0.2) is 24.5 Å². The molecular formula is C14H18BrNO3. The summed E-state index contributed by atoms with van der Waals surface area (Å²) in [4.78, 5) is 23.5. The lowest BCUT2D eigenvalue weighted by molar-refractivity contribution is -0.145. The van der Waals surface area contributed by atoms with Crippen molar-refractivity contribution in [1.82, 2.24) is 5.32 Å². The number of hydrogen-bond acceptors (Lipinski definition) is 3. The molecular weight excluding hydrogens is 310 g/mol. The van der Waals surface area contributed by atoms with Gasteiger partial charge in [0, 0.05) is 10.0 Å². The molecule has 0 saturated heterocycles. The molecule has 0 unspecified atom stereocenters. The van der Waals surface area contributed by atoms with Crippen LogP contribution < -0.4 is 5.32 Å². The number of halogens is 1. The fourth-order valence-electron chi connectivity index (χ4n) is 1.41. The predicted octanol–water partition coefficient (Wildman–Crippen LogP) is 2.91. The lowest BCUT2D eigenvalue weighted by Crippen LogP contribution is -2.39. The molecule has 1 atom stereocenters. The molecule has 0 aliphatic rings. The van der Waals surface area contributed by atoms with Crippen molar-refractivity contribution in [2.75, 3.05) is 6.61 Å². The molecule has 19 heavy (non-hydrogen) atoms. The molecule has 0 heterocycles. The Balaban J connectivity index is 2.49. The minimum Gasteiger partial charge on any atom is -0.464 e. The fourth-order valence-corrected chi connectivity index (χ4v) is 1.81. The van der Waals surface area contributed by atoms with Gasteiger partial charge in [-0.05, 0) is 31.5 Å². The average Bonchev–Trinajstić information content (AvgIpc) is 2.38. The van der Waals surface area contributed by atoms with E-state index in [4.69, 9.17) is 4.74 Å². The van der Waals surface area contributed by atoms with E-state index in [0.717, 1.165) is 17.3 Å². The van der Waals surface area contributed by atoms with Crippen molar-refractivity contribution in [2.24, 2.45) is 0 Å². The van der Waals surface area contributed by atoms with E-state index >= 15 is 0 Å². The molecule has 0 radical (unpaired) electrons. The molecule has 0 bridgehead atoms. The Morgan fingerprint density at radius 2 is 2.16 bits per heavy atom. The second kappa shape index (κ2) is 7.94. The van der Waals surface area contributed by atoms with Gasteiger partial charge in [-0.15, -0.1) is 0 Å². The Kier molecular flexibility index (Phi) is 6.56. The number of nitrogens with one attached hydrogen (secondary N) is 1. The Hall–Kier alpha value is -1.36. The van der Waals surface area contributed by atoms with Crippen LogP contribution in [0.5, 0.6) is 0 Å². The predicted molar refractivity (Wildman–Crippen MR) is 76.9 cm³/mol. The third kappa shape index (κ3) is 5.42. The van der Waals surface area contributed by atoms with Gasteiger partial charge in [-0.3, -0.25) is 4.79 Å². The normalized spacial score (nSPS) is 11.7. The molecule has 0 aliphatic heterocycles. The van der Waals surface area contributed by atoms with Crippen LogP contribution in [0, 0.1) is 0 Å². The van der Waals surface area contributed by atoms with Crippen LogP contribution in [0.4, 0.5) is 0 Å². The van der Waals surface area contributed by atoms with Gasteiger partial charge >= 0.3 is 5.97 Å². The lowest BCUT2D eigenvalue weighted by Gasteiger charge is -2.13. The van der Waals surface area contributed by atoms with Gasteiger partial charge in [0.2, 0.25) is 0 Å². The summed E-state index contributed by atoms with van der Waals surface area (Å²) in [5.74, 6) is -0.696. The molecule has 1 aromatic rings. The number of ether oxygens (including phenoxy) is 1. The van der Waals surface area contributed by atoms with Gasteiger partial charge in [-0.25, -0.2) is 4.79 Å². The lowest BCUT2D eigenvalue weighted by atomic mass is 10.2. The van der Waals surface area contributed by atoms with E-state index in [2.05, 4.69) is 21.2 Å². The van der Waals surface area contributed by atoms with Crippen molar-refractivity contribution in [3.8, 4) is 0 Å². The summed E-state index contributed by atoms with van der Waals surface area (Å²) in [5.41, 5.74) is 0.502. The van der Waals surface area contributed by atoms with Crippen molar-refractivity contribution in [2.45, 2.75) is 32.7 Å². The molecule has 0 saturated carbocycles. The van der Waals surface area contributed by atoms with Gasteiger partial charge in [0.05, 0.1) is 6.61 Å². The zero-order valence-electron chi connectivity index (χ0n) is 11.1. The molecule has 1 amide bonds. The van der Waals surface area contributed by atoms with Crippen LogP contribution >= 0.6 is 15.9 Å². The molecule has 1 N–H and O–H groups in total. The summed E-state index contributed by atoms with van der Waals surface area (Å²) in [6.45, 7) is 4.03. The van der Waals surface area contributed by atoms with Gasteiger partial charge < -0.3 is 10.1 Å². The summed E-state index contributed by atoms with van der Waals surface area (Å²) in [6.07, 6.45) is 1.80. The smallest absolute Gasteiger partial charge is 0.328 e. The first-order chi connectivity index (χ1) is 9.04. The molecule has 0 aliphatic carbocycles. The Morgan fingerprint density at radius 3 is 2.79 bits per heavy atom. The number of rotatable bonds is 6. The van der Waals surface area contributed by atoms with Crippen molar-refractivity contribution < 1.29 is 14.3 Å². The summed E-state index contributed by atoms with van der Waals surface area (Å²) < 4.78 is 5.86. The highest BCUT2D eigenvalue weighted by atomic mass is 79.9. The first-order valence-electron chi connectivity index (χ1n) is 6.27. The minimum absolute atomic E-state index is 0.291. The van der Waals surface area contributed by atoms with Gasteiger partial charge in [0.15, 0.2) is 0 Å². The summed E-state index contributed by atoms with van der Waals surface area (Å²) in [7, 11) is 0. The number of carbonyl (C=O) groups is 2. The first-order valence-corrected chi connectivity index (χ1v) is 7.07. The molecule has 104 valence electrons. The highest BCUT2D eigenvalue weighted by molar-refractivity contribution is 9.10. The van der Waals surface area contributed by atoms with Crippen molar-refractivity contribution in [3.63, 3.8) is 0 Å². The maximum absolute atomic E-state index is 11.9. The summed E-state index contributed by atoms with van der Waals surface area (Å²) >= 11 is 3.30. The molecule has 5 heteroatoms. The SMILES string of the molecule is CCCCOC(=O)[C@H](C)NC(=O)c1cccc(Br)c1. The molecule has 0 spiro atoms. The van der Waals surface area contributed by atoms with Gasteiger partial charge in [0.1, 0.15) is 6.04 Å². The highest BCUT2D eigenvalue weighted by Gasteiger charge is 2.17. The van der Waals surface area contributed by atoms with Crippen LogP contribution in [0.1, 0.15) is 37.0 Å². The van der Waals surface area contributed by atoms with E-state index in [1.807, 2.05) is 13.0 Å². The number of amides is 1. The van der Waals surface area contributed by atoms with E-state index < -0.39 is 12.0 Å². The van der Waals surface area contributed by atoms with E-state index in [1.54, 1.807) is 25.1 Å². The third-order valence-corrected chi connectivity index (χ3v) is 3.02. The second-order valence-electron chi connectivity index (χ2n) is 4.23. The molecule has 0 fully saturated rings. The summed E-state index contributed by atoms with van der Waals surface area (Å²) in [6, 6.07) is 6.34. The van der Waals surface area contributed by atoms with Crippen LogP contribution in [0.25, 0.3) is 0 Å². The maximum Gasteiger partial charge on any atom is 0.328 e. The number of benzene rings is 1. The van der Waals surface area contributed by atoms with E-state index in [0.29, 0.717) is 12.2 Å². The van der Waals surface area contributed by atoms with Crippen molar-refractivity contribution in [3.05, 3.63) is 34.3 Å². The highest BCUT2D eigenvalue weighted by Crippen LogP contribution is 2.11. The van der Waals surface area contributed by atoms with Crippen LogP contribution in [0.3, 0.4) is 0 Å². The number of esters is 1. The van der Waals surface area contributed by atoms with Crippen LogP contribution in [0.2, 0.25) is 0 Å². The average molecular weight is 328 g/mol. The first kappa shape index (κ1) is 15.7. The largest absolute Gasteiger partial charge is 0.464 e. The Bertz CT molecular complexity index is 448. The molecule has 0 aromatic heterocycles. The fraction of sp³-hybridized carbons (Fsp3) is 0.429. The minimum atomic E-state index is -0.650. The van der Waals surface area contributed by atoms with E-state index in [-0.39, 0.29) is 5.91 Å². The van der Waals surface area contributed by atoms with Crippen LogP contribution in [0.15, 0.2) is 28.7 Å². The van der Waals surface area contributed by atoms with Gasteiger partial charge in [-0.1, -0.05) is 35.3 Å². The standard InChI is InChI=1S/C14H18BrNO3/c1-3-4-8-19-14(18)10(2)16-13(17)11-6-5-7-12(15)9-11/h5-7,9-10H,3-4,8H2,1-2H3,(H,16,17)/t10-/m0/s1. The third-order valence-electron chi connectivity index (χ3n) is 2.53. The zero-order valence-corrected chi connectivity index (χ0v) is 12.7. The molecule has 4 nitrogen and oxygen atoms in total. The van der Waals surface area contributed by atoms with E-state index in [9.17, 15) is 9.59 Å². The van der Waals surface area contributed by atoms with Gasteiger partial charge in [-0.2, -0.15) is 0 Å². The van der Waals surface area contributed by atoms with Gasteiger partial charge in [0.25, 0.3) is 5.91 Å².